The number of halogens is 1. The molecule has 0 aliphatic carbocycles. The minimum Gasteiger partial charge on any atom is -0.384 e. The minimum absolute atomic E-state index is 0.0114. The second kappa shape index (κ2) is 6.57. The zero-order chi connectivity index (χ0) is 19.1. The predicted molar refractivity (Wildman–Crippen MR) is 102 cm³/mol. The average molecular weight is 399 g/mol. The van der Waals surface area contributed by atoms with Crippen LogP contribution in [0.25, 0.3) is 5.69 Å². The van der Waals surface area contributed by atoms with Crippen molar-refractivity contribution in [3.8, 4) is 5.69 Å². The highest BCUT2D eigenvalue weighted by Crippen LogP contribution is 2.34. The Labute approximate surface area is 162 Å². The molecule has 3 heterocycles. The molecule has 3 N–H and O–H groups in total. The number of rotatable bonds is 3. The third-order valence-electron chi connectivity index (χ3n) is 3.98. The number of carbonyl (C=O) groups excluding carboxylic acids is 2. The minimum atomic E-state index is -0.633. The van der Waals surface area contributed by atoms with Gasteiger partial charge in [-0.25, -0.2) is 4.98 Å². The van der Waals surface area contributed by atoms with Gasteiger partial charge in [-0.2, -0.15) is 0 Å². The lowest BCUT2D eigenvalue weighted by atomic mass is 10.1. The molecule has 0 bridgehead atoms. The number of nitrogens with one attached hydrogen (secondary N) is 1. The molecule has 0 spiro atoms. The molecule has 134 valence electrons. The SMILES string of the molecule is Nc1c2c(cc(=O)n1-c1ccc(Sc3ccccn3)c(Cl)c1)C(=O)NC2=O. The van der Waals surface area contributed by atoms with E-state index in [1.54, 1.807) is 24.4 Å². The van der Waals surface area contributed by atoms with Crippen molar-refractivity contribution in [1.29, 1.82) is 0 Å². The van der Waals surface area contributed by atoms with Crippen molar-refractivity contribution >= 4 is 41.0 Å². The summed E-state index contributed by atoms with van der Waals surface area (Å²) in [7, 11) is 0. The predicted octanol–water partition coefficient (Wildman–Crippen LogP) is 2.50. The van der Waals surface area contributed by atoms with E-state index < -0.39 is 17.4 Å². The van der Waals surface area contributed by atoms with Crippen molar-refractivity contribution in [1.82, 2.24) is 14.9 Å². The molecule has 1 aromatic carbocycles. The molecule has 27 heavy (non-hydrogen) atoms. The molecule has 0 radical (unpaired) electrons. The molecule has 0 saturated carbocycles. The number of nitrogens with two attached hydrogens (primary N) is 1. The van der Waals surface area contributed by atoms with E-state index in [2.05, 4.69) is 10.3 Å². The van der Waals surface area contributed by atoms with Crippen LogP contribution in [-0.4, -0.2) is 21.4 Å². The van der Waals surface area contributed by atoms with Crippen LogP contribution in [0.1, 0.15) is 20.7 Å². The fourth-order valence-corrected chi connectivity index (χ4v) is 3.85. The molecule has 3 aromatic rings. The number of benzene rings is 1. The highest BCUT2D eigenvalue weighted by atomic mass is 35.5. The zero-order valence-electron chi connectivity index (χ0n) is 13.6. The van der Waals surface area contributed by atoms with Gasteiger partial charge in [-0.15, -0.1) is 0 Å². The summed E-state index contributed by atoms with van der Waals surface area (Å²) < 4.78 is 1.15. The lowest BCUT2D eigenvalue weighted by Gasteiger charge is -2.13. The van der Waals surface area contributed by atoms with Crippen LogP contribution in [0.4, 0.5) is 5.82 Å². The van der Waals surface area contributed by atoms with E-state index in [4.69, 9.17) is 17.3 Å². The molecule has 1 aliphatic heterocycles. The number of amides is 2. The van der Waals surface area contributed by atoms with E-state index >= 15 is 0 Å². The van der Waals surface area contributed by atoms with Crippen molar-refractivity contribution in [2.45, 2.75) is 9.92 Å². The van der Waals surface area contributed by atoms with Crippen LogP contribution in [0.3, 0.4) is 0 Å². The fourth-order valence-electron chi connectivity index (χ4n) is 2.78. The third kappa shape index (κ3) is 2.98. The summed E-state index contributed by atoms with van der Waals surface area (Å²) in [5.74, 6) is -1.37. The Balaban J connectivity index is 1.78. The summed E-state index contributed by atoms with van der Waals surface area (Å²) in [6, 6.07) is 11.6. The number of carbonyl (C=O) groups is 2. The van der Waals surface area contributed by atoms with E-state index in [1.165, 1.54) is 11.8 Å². The number of imide groups is 1. The number of hydrogen-bond acceptors (Lipinski definition) is 6. The van der Waals surface area contributed by atoms with Crippen molar-refractivity contribution in [2.75, 3.05) is 5.73 Å². The quantitative estimate of drug-likeness (QED) is 0.656. The Hall–Kier alpha value is -3.10. The van der Waals surface area contributed by atoms with Gasteiger partial charge in [0.15, 0.2) is 0 Å². The first-order valence-corrected chi connectivity index (χ1v) is 8.95. The standard InChI is InChI=1S/C18H11ClN4O3S/c19-11-7-9(4-5-12(11)27-13-3-1-2-6-21-13)23-14(24)8-10-15(16(23)20)18(26)22-17(10)25/h1-8H,20H2,(H,22,25,26). The lowest BCUT2D eigenvalue weighted by Crippen LogP contribution is -2.24. The van der Waals surface area contributed by atoms with Gasteiger partial charge >= 0.3 is 0 Å². The van der Waals surface area contributed by atoms with Crippen LogP contribution in [0.15, 0.2) is 63.4 Å². The first-order chi connectivity index (χ1) is 13.0. The maximum absolute atomic E-state index is 12.5. The van der Waals surface area contributed by atoms with Gasteiger partial charge < -0.3 is 5.73 Å². The van der Waals surface area contributed by atoms with Gasteiger partial charge in [-0.05, 0) is 30.3 Å². The van der Waals surface area contributed by atoms with E-state index in [0.29, 0.717) is 10.7 Å². The van der Waals surface area contributed by atoms with Gasteiger partial charge in [-0.3, -0.25) is 24.3 Å². The molecule has 2 amide bonds. The maximum atomic E-state index is 12.5. The molecule has 4 rings (SSSR count). The molecule has 0 fully saturated rings. The van der Waals surface area contributed by atoms with Crippen LogP contribution in [0, 0.1) is 0 Å². The molecule has 0 unspecified atom stereocenters. The lowest BCUT2D eigenvalue weighted by molar-refractivity contribution is 0.0880. The number of pyridine rings is 2. The van der Waals surface area contributed by atoms with Crippen molar-refractivity contribution in [2.24, 2.45) is 0 Å². The van der Waals surface area contributed by atoms with Crippen molar-refractivity contribution < 1.29 is 9.59 Å². The van der Waals surface area contributed by atoms with Crippen LogP contribution in [-0.2, 0) is 0 Å². The molecule has 2 aromatic heterocycles. The highest BCUT2D eigenvalue weighted by Gasteiger charge is 2.31. The topological polar surface area (TPSA) is 107 Å². The number of anilines is 1. The number of hydrogen-bond donors (Lipinski definition) is 2. The van der Waals surface area contributed by atoms with Crippen LogP contribution < -0.4 is 16.6 Å². The molecule has 9 heteroatoms. The molecular weight excluding hydrogens is 388 g/mol. The third-order valence-corrected chi connectivity index (χ3v) is 5.43. The molecule has 0 atom stereocenters. The van der Waals surface area contributed by atoms with Crippen LogP contribution in [0.5, 0.6) is 0 Å². The second-order valence-electron chi connectivity index (χ2n) is 5.66. The number of fused-ring (bicyclic) bond motifs is 1. The summed E-state index contributed by atoms with van der Waals surface area (Å²) in [6.07, 6.45) is 1.68. The number of nitrogens with zero attached hydrogens (tertiary/aromatic N) is 2. The Morgan fingerprint density at radius 1 is 1.07 bits per heavy atom. The zero-order valence-corrected chi connectivity index (χ0v) is 15.2. The van der Waals surface area contributed by atoms with Gasteiger partial charge in [0.1, 0.15) is 10.8 Å². The van der Waals surface area contributed by atoms with Crippen LogP contribution >= 0.6 is 23.4 Å². The van der Waals surface area contributed by atoms with Crippen molar-refractivity contribution in [3.63, 3.8) is 0 Å². The molecule has 0 saturated heterocycles. The maximum Gasteiger partial charge on any atom is 0.262 e. The normalized spacial score (nSPS) is 12.8. The van der Waals surface area contributed by atoms with Gasteiger partial charge in [0.05, 0.1) is 21.8 Å². The summed E-state index contributed by atoms with van der Waals surface area (Å²) in [5.41, 5.74) is 5.85. The van der Waals surface area contributed by atoms with Crippen molar-refractivity contribution in [3.05, 3.63) is 75.2 Å². The Bertz CT molecular complexity index is 1160. The second-order valence-corrected chi connectivity index (χ2v) is 7.13. The first kappa shape index (κ1) is 17.3. The van der Waals surface area contributed by atoms with E-state index in [0.717, 1.165) is 20.6 Å². The number of nitrogen functional groups attached to an aromatic ring is 1. The fraction of sp³-hybridized carbons (Fsp3) is 0. The van der Waals surface area contributed by atoms with Gasteiger partial charge in [0.2, 0.25) is 0 Å². The van der Waals surface area contributed by atoms with E-state index in [-0.39, 0.29) is 16.9 Å². The number of aromatic nitrogens is 2. The largest absolute Gasteiger partial charge is 0.384 e. The van der Waals surface area contributed by atoms with E-state index in [9.17, 15) is 14.4 Å². The van der Waals surface area contributed by atoms with Gasteiger partial charge in [0, 0.05) is 17.2 Å². The molecule has 7 nitrogen and oxygen atoms in total. The summed E-state index contributed by atoms with van der Waals surface area (Å²) in [5, 5.41) is 3.30. The Morgan fingerprint density at radius 2 is 1.89 bits per heavy atom. The molecular formula is C18H11ClN4O3S. The van der Waals surface area contributed by atoms with Crippen LogP contribution in [0.2, 0.25) is 5.02 Å². The summed E-state index contributed by atoms with van der Waals surface area (Å²) in [6.45, 7) is 0. The van der Waals surface area contributed by atoms with Gasteiger partial charge in [-0.1, -0.05) is 29.4 Å². The average Bonchev–Trinajstić information content (AvgIpc) is 2.92. The monoisotopic (exact) mass is 398 g/mol. The van der Waals surface area contributed by atoms with E-state index in [1.807, 2.05) is 18.2 Å². The highest BCUT2D eigenvalue weighted by molar-refractivity contribution is 7.99. The molecule has 1 aliphatic rings. The summed E-state index contributed by atoms with van der Waals surface area (Å²) in [4.78, 5) is 41.1. The van der Waals surface area contributed by atoms with Gasteiger partial charge in [0.25, 0.3) is 17.4 Å². The Kier molecular flexibility index (Phi) is 4.21. The first-order valence-electron chi connectivity index (χ1n) is 7.75. The summed E-state index contributed by atoms with van der Waals surface area (Å²) >= 11 is 7.74. The smallest absolute Gasteiger partial charge is 0.262 e. The Morgan fingerprint density at radius 3 is 2.59 bits per heavy atom.